The smallest absolute Gasteiger partial charge is 0.133 e. The van der Waals surface area contributed by atoms with Gasteiger partial charge in [0.15, 0.2) is 0 Å². The van der Waals surface area contributed by atoms with Gasteiger partial charge in [0.25, 0.3) is 0 Å². The number of aliphatic hydroxyl groups excluding tert-OH is 1. The van der Waals surface area contributed by atoms with Crippen molar-refractivity contribution in [3.8, 4) is 5.75 Å². The van der Waals surface area contributed by atoms with Crippen molar-refractivity contribution in [2.45, 2.75) is 19.6 Å². The Morgan fingerprint density at radius 1 is 1.14 bits per heavy atom. The number of thiophene rings is 1. The Labute approximate surface area is 132 Å². The van der Waals surface area contributed by atoms with Gasteiger partial charge in [0, 0.05) is 15.8 Å². The van der Waals surface area contributed by atoms with Crippen LogP contribution in [0.15, 0.2) is 48.5 Å². The molecule has 0 aliphatic rings. The molecule has 2 aromatic carbocycles. The zero-order chi connectivity index (χ0) is 14.8. The highest BCUT2D eigenvalue weighted by Crippen LogP contribution is 2.34. The summed E-state index contributed by atoms with van der Waals surface area (Å²) in [6.07, 6.45) is -0.573. The number of ether oxygens (including phenoxy) is 1. The van der Waals surface area contributed by atoms with Crippen LogP contribution in [-0.4, -0.2) is 5.11 Å². The second-order valence-corrected chi connectivity index (χ2v) is 6.68. The quantitative estimate of drug-likeness (QED) is 0.717. The first-order chi connectivity index (χ1) is 10.1. The number of halogens is 1. The van der Waals surface area contributed by atoms with Gasteiger partial charge in [-0.05, 0) is 24.4 Å². The maximum Gasteiger partial charge on any atom is 0.133 e. The molecule has 4 heteroatoms. The fraction of sp³-hybridized carbons (Fsp3) is 0.176. The van der Waals surface area contributed by atoms with Crippen molar-refractivity contribution < 1.29 is 9.84 Å². The SMILES string of the molecule is CC(O)c1ccc2ccccc2c1OCc1ccc(Cl)s1. The van der Waals surface area contributed by atoms with E-state index in [4.69, 9.17) is 16.3 Å². The molecule has 1 N–H and O–H groups in total. The van der Waals surface area contributed by atoms with Gasteiger partial charge in [0.05, 0.1) is 10.4 Å². The lowest BCUT2D eigenvalue weighted by Gasteiger charge is -2.15. The highest BCUT2D eigenvalue weighted by molar-refractivity contribution is 7.16. The number of aliphatic hydroxyl groups is 1. The maximum absolute atomic E-state index is 9.97. The molecule has 0 bridgehead atoms. The summed E-state index contributed by atoms with van der Waals surface area (Å²) < 4.78 is 6.75. The molecule has 1 heterocycles. The van der Waals surface area contributed by atoms with Gasteiger partial charge in [-0.2, -0.15) is 0 Å². The Bertz CT molecular complexity index is 764. The first kappa shape index (κ1) is 14.4. The van der Waals surface area contributed by atoms with Gasteiger partial charge in [0.2, 0.25) is 0 Å². The fourth-order valence-electron chi connectivity index (χ4n) is 2.32. The van der Waals surface area contributed by atoms with Crippen molar-refractivity contribution in [2.75, 3.05) is 0 Å². The molecule has 1 aromatic heterocycles. The third-order valence-corrected chi connectivity index (χ3v) is 4.55. The van der Waals surface area contributed by atoms with Crippen molar-refractivity contribution in [1.29, 1.82) is 0 Å². The predicted molar refractivity (Wildman–Crippen MR) is 88.2 cm³/mol. The van der Waals surface area contributed by atoms with E-state index in [0.717, 1.165) is 31.3 Å². The molecule has 0 aliphatic carbocycles. The molecule has 0 spiro atoms. The second-order valence-electron chi connectivity index (χ2n) is 4.88. The van der Waals surface area contributed by atoms with E-state index in [1.54, 1.807) is 6.92 Å². The summed E-state index contributed by atoms with van der Waals surface area (Å²) in [5.74, 6) is 0.743. The van der Waals surface area contributed by atoms with Crippen LogP contribution in [0.1, 0.15) is 23.5 Å². The fourth-order valence-corrected chi connectivity index (χ4v) is 3.32. The van der Waals surface area contributed by atoms with Crippen molar-refractivity contribution in [2.24, 2.45) is 0 Å². The van der Waals surface area contributed by atoms with E-state index in [1.165, 1.54) is 11.3 Å². The topological polar surface area (TPSA) is 29.5 Å². The average molecular weight is 319 g/mol. The Morgan fingerprint density at radius 3 is 2.67 bits per heavy atom. The van der Waals surface area contributed by atoms with E-state index in [-0.39, 0.29) is 0 Å². The molecule has 0 radical (unpaired) electrons. The minimum atomic E-state index is -0.573. The Balaban J connectivity index is 1.99. The van der Waals surface area contributed by atoms with Gasteiger partial charge in [-0.15, -0.1) is 11.3 Å². The molecule has 0 amide bonds. The van der Waals surface area contributed by atoms with E-state index >= 15 is 0 Å². The van der Waals surface area contributed by atoms with Gasteiger partial charge in [-0.1, -0.05) is 48.0 Å². The minimum absolute atomic E-state index is 0.450. The molecule has 3 aromatic rings. The molecule has 3 rings (SSSR count). The van der Waals surface area contributed by atoms with Crippen LogP contribution in [-0.2, 0) is 6.61 Å². The van der Waals surface area contributed by atoms with E-state index in [1.807, 2.05) is 48.5 Å². The van der Waals surface area contributed by atoms with Crippen molar-refractivity contribution in [3.05, 3.63) is 63.3 Å². The zero-order valence-corrected chi connectivity index (χ0v) is 13.1. The van der Waals surface area contributed by atoms with Gasteiger partial charge in [0.1, 0.15) is 12.4 Å². The minimum Gasteiger partial charge on any atom is -0.487 e. The van der Waals surface area contributed by atoms with Crippen LogP contribution in [0.3, 0.4) is 0 Å². The number of hydrogen-bond donors (Lipinski definition) is 1. The number of rotatable bonds is 4. The predicted octanol–water partition coefficient (Wildman–Crippen LogP) is 5.19. The molecule has 21 heavy (non-hydrogen) atoms. The Morgan fingerprint density at radius 2 is 1.95 bits per heavy atom. The van der Waals surface area contributed by atoms with Crippen LogP contribution in [0.5, 0.6) is 5.75 Å². The van der Waals surface area contributed by atoms with E-state index < -0.39 is 6.10 Å². The normalized spacial score (nSPS) is 12.5. The van der Waals surface area contributed by atoms with Crippen LogP contribution in [0.25, 0.3) is 10.8 Å². The van der Waals surface area contributed by atoms with E-state index in [9.17, 15) is 5.11 Å². The summed E-state index contributed by atoms with van der Waals surface area (Å²) in [6.45, 7) is 2.20. The van der Waals surface area contributed by atoms with Crippen LogP contribution >= 0.6 is 22.9 Å². The summed E-state index contributed by atoms with van der Waals surface area (Å²) in [5, 5.41) is 12.1. The summed E-state index contributed by atoms with van der Waals surface area (Å²) in [6, 6.07) is 15.8. The number of fused-ring (bicyclic) bond motifs is 1. The molecule has 1 atom stereocenters. The molecule has 0 aliphatic heterocycles. The van der Waals surface area contributed by atoms with Crippen molar-refractivity contribution in [1.82, 2.24) is 0 Å². The summed E-state index contributed by atoms with van der Waals surface area (Å²) in [7, 11) is 0. The highest BCUT2D eigenvalue weighted by Gasteiger charge is 2.13. The van der Waals surface area contributed by atoms with Gasteiger partial charge in [-0.25, -0.2) is 0 Å². The monoisotopic (exact) mass is 318 g/mol. The van der Waals surface area contributed by atoms with Crippen LogP contribution in [0.2, 0.25) is 4.34 Å². The molecule has 2 nitrogen and oxygen atoms in total. The highest BCUT2D eigenvalue weighted by atomic mass is 35.5. The van der Waals surface area contributed by atoms with Gasteiger partial charge >= 0.3 is 0 Å². The zero-order valence-electron chi connectivity index (χ0n) is 11.5. The van der Waals surface area contributed by atoms with Gasteiger partial charge in [-0.3, -0.25) is 0 Å². The van der Waals surface area contributed by atoms with Crippen LogP contribution in [0.4, 0.5) is 0 Å². The lowest BCUT2D eigenvalue weighted by Crippen LogP contribution is -2.01. The van der Waals surface area contributed by atoms with Crippen molar-refractivity contribution in [3.63, 3.8) is 0 Å². The number of benzene rings is 2. The Hall–Kier alpha value is -1.55. The third-order valence-electron chi connectivity index (χ3n) is 3.35. The summed E-state index contributed by atoms with van der Waals surface area (Å²) in [5.41, 5.74) is 0.802. The van der Waals surface area contributed by atoms with Crippen molar-refractivity contribution >= 4 is 33.7 Å². The van der Waals surface area contributed by atoms with Gasteiger partial charge < -0.3 is 9.84 Å². The Kier molecular flexibility index (Phi) is 4.15. The van der Waals surface area contributed by atoms with Crippen LogP contribution < -0.4 is 4.74 Å². The van der Waals surface area contributed by atoms with E-state index in [0.29, 0.717) is 6.61 Å². The first-order valence-corrected chi connectivity index (χ1v) is 7.91. The molecule has 0 saturated heterocycles. The first-order valence-electron chi connectivity index (χ1n) is 6.72. The molecular weight excluding hydrogens is 304 g/mol. The molecule has 0 saturated carbocycles. The third kappa shape index (κ3) is 3.05. The lowest BCUT2D eigenvalue weighted by molar-refractivity contribution is 0.191. The molecule has 0 fully saturated rings. The average Bonchev–Trinajstić information content (AvgIpc) is 2.90. The summed E-state index contributed by atoms with van der Waals surface area (Å²) >= 11 is 7.45. The van der Waals surface area contributed by atoms with Crippen LogP contribution in [0, 0.1) is 0 Å². The molecule has 108 valence electrons. The molecule has 1 unspecified atom stereocenters. The molecular formula is C17H15ClO2S. The number of hydrogen-bond acceptors (Lipinski definition) is 3. The maximum atomic E-state index is 9.97. The van der Waals surface area contributed by atoms with E-state index in [2.05, 4.69) is 0 Å². The lowest BCUT2D eigenvalue weighted by atomic mass is 10.0. The standard InChI is InChI=1S/C17H15ClO2S/c1-11(19)14-8-6-12-4-2-3-5-15(12)17(14)20-10-13-7-9-16(18)21-13/h2-9,11,19H,10H2,1H3. The largest absolute Gasteiger partial charge is 0.487 e. The summed E-state index contributed by atoms with van der Waals surface area (Å²) in [4.78, 5) is 1.06. The second kappa shape index (κ2) is 6.06.